The number of hydrogen-bond donors (Lipinski definition) is 0. The van der Waals surface area contributed by atoms with Crippen molar-refractivity contribution in [2.45, 2.75) is 40.7 Å². The van der Waals surface area contributed by atoms with Gasteiger partial charge in [0.1, 0.15) is 0 Å². The first-order chi connectivity index (χ1) is 11.7. The van der Waals surface area contributed by atoms with Crippen LogP contribution in [0.15, 0.2) is 0 Å². The molecule has 25 heavy (non-hydrogen) atoms. The number of amides is 3. The summed E-state index contributed by atoms with van der Waals surface area (Å²) in [5.74, 6) is 0.635. The Morgan fingerprint density at radius 1 is 1.08 bits per heavy atom. The van der Waals surface area contributed by atoms with Gasteiger partial charge in [0.05, 0.1) is 12.1 Å². The summed E-state index contributed by atoms with van der Waals surface area (Å²) in [4.78, 5) is 29.9. The highest BCUT2D eigenvalue weighted by molar-refractivity contribution is 5.80. The quantitative estimate of drug-likeness (QED) is 0.828. The maximum atomic E-state index is 12.7. The van der Waals surface area contributed by atoms with Gasteiger partial charge in [0.2, 0.25) is 5.91 Å². The predicted molar refractivity (Wildman–Crippen MR) is 97.5 cm³/mol. The minimum absolute atomic E-state index is 0.00810. The van der Waals surface area contributed by atoms with Crippen molar-refractivity contribution in [1.29, 1.82) is 0 Å². The molecule has 1 aliphatic rings. The van der Waals surface area contributed by atoms with Crippen molar-refractivity contribution in [1.82, 2.24) is 24.5 Å². The smallest absolute Gasteiger partial charge is 0.319 e. The topological polar surface area (TPSA) is 61.7 Å². The molecule has 7 heteroatoms. The lowest BCUT2D eigenvalue weighted by Crippen LogP contribution is -2.53. The van der Waals surface area contributed by atoms with Gasteiger partial charge in [-0.3, -0.25) is 9.48 Å². The Balaban J connectivity index is 1.97. The fourth-order valence-electron chi connectivity index (χ4n) is 3.21. The molecule has 0 radical (unpaired) electrons. The van der Waals surface area contributed by atoms with Crippen molar-refractivity contribution in [2.75, 3.05) is 40.3 Å². The van der Waals surface area contributed by atoms with E-state index in [1.165, 1.54) is 0 Å². The van der Waals surface area contributed by atoms with Crippen molar-refractivity contribution in [3.8, 4) is 0 Å². The van der Waals surface area contributed by atoms with Crippen molar-refractivity contribution >= 4 is 11.9 Å². The molecule has 1 fully saturated rings. The second-order valence-corrected chi connectivity index (χ2v) is 7.45. The van der Waals surface area contributed by atoms with Crippen molar-refractivity contribution in [3.05, 3.63) is 17.0 Å². The van der Waals surface area contributed by atoms with Crippen molar-refractivity contribution in [2.24, 2.45) is 5.92 Å². The van der Waals surface area contributed by atoms with Crippen LogP contribution in [0.5, 0.6) is 0 Å². The van der Waals surface area contributed by atoms with Crippen LogP contribution in [-0.2, 0) is 17.8 Å². The molecular formula is C18H31N5O2. The zero-order valence-electron chi connectivity index (χ0n) is 16.4. The molecule has 0 aliphatic carbocycles. The first-order valence-electron chi connectivity index (χ1n) is 8.97. The van der Waals surface area contributed by atoms with Crippen molar-refractivity contribution in [3.63, 3.8) is 0 Å². The molecule has 0 N–H and O–H groups in total. The number of aryl methyl sites for hydroxylation is 1. The second kappa shape index (κ2) is 7.89. The Kier molecular flexibility index (Phi) is 6.08. The van der Waals surface area contributed by atoms with Gasteiger partial charge in [-0.05, 0) is 19.8 Å². The van der Waals surface area contributed by atoms with Crippen LogP contribution in [0.2, 0.25) is 0 Å². The van der Waals surface area contributed by atoms with Gasteiger partial charge < -0.3 is 14.7 Å². The van der Waals surface area contributed by atoms with E-state index in [2.05, 4.69) is 18.9 Å². The summed E-state index contributed by atoms with van der Waals surface area (Å²) in [6, 6.07) is 0.00810. The zero-order chi connectivity index (χ0) is 18.7. The molecule has 140 valence electrons. The third kappa shape index (κ3) is 4.52. The van der Waals surface area contributed by atoms with Gasteiger partial charge in [0.15, 0.2) is 0 Å². The van der Waals surface area contributed by atoms with E-state index in [0.717, 1.165) is 23.5 Å². The lowest BCUT2D eigenvalue weighted by atomic mass is 10.1. The van der Waals surface area contributed by atoms with Crippen molar-refractivity contribution < 1.29 is 9.59 Å². The molecule has 2 heterocycles. The molecule has 3 amide bonds. The van der Waals surface area contributed by atoms with E-state index in [1.807, 2.05) is 23.4 Å². The van der Waals surface area contributed by atoms with E-state index in [1.54, 1.807) is 23.9 Å². The molecular weight excluding hydrogens is 318 g/mol. The fourth-order valence-corrected chi connectivity index (χ4v) is 3.21. The van der Waals surface area contributed by atoms with Gasteiger partial charge in [-0.2, -0.15) is 5.10 Å². The van der Waals surface area contributed by atoms with Crippen LogP contribution in [0, 0.1) is 19.8 Å². The second-order valence-electron chi connectivity index (χ2n) is 7.45. The number of urea groups is 1. The highest BCUT2D eigenvalue weighted by atomic mass is 16.2. The van der Waals surface area contributed by atoms with Gasteiger partial charge in [0, 0.05) is 58.1 Å². The third-order valence-electron chi connectivity index (χ3n) is 4.68. The normalized spacial score (nSPS) is 15.0. The summed E-state index contributed by atoms with van der Waals surface area (Å²) in [6.07, 6.45) is 0.386. The Bertz CT molecular complexity index is 628. The lowest BCUT2D eigenvalue weighted by Gasteiger charge is -2.36. The van der Waals surface area contributed by atoms with E-state index < -0.39 is 0 Å². The summed E-state index contributed by atoms with van der Waals surface area (Å²) in [6.45, 7) is 11.6. The molecule has 1 saturated heterocycles. The summed E-state index contributed by atoms with van der Waals surface area (Å²) in [5, 5.41) is 4.59. The first-order valence-corrected chi connectivity index (χ1v) is 8.97. The molecule has 0 saturated carbocycles. The van der Waals surface area contributed by atoms with Crippen LogP contribution in [0.3, 0.4) is 0 Å². The number of hydrogen-bond acceptors (Lipinski definition) is 3. The molecule has 0 unspecified atom stereocenters. The number of carbonyl (C=O) groups excluding carboxylic acids is 2. The predicted octanol–water partition coefficient (Wildman–Crippen LogP) is 1.52. The van der Waals surface area contributed by atoms with Gasteiger partial charge in [0.25, 0.3) is 0 Å². The lowest BCUT2D eigenvalue weighted by molar-refractivity contribution is -0.131. The molecule has 0 spiro atoms. The van der Waals surface area contributed by atoms with Crippen LogP contribution in [0.1, 0.15) is 30.8 Å². The van der Waals surface area contributed by atoms with E-state index in [4.69, 9.17) is 0 Å². The molecule has 0 aromatic carbocycles. The monoisotopic (exact) mass is 349 g/mol. The average molecular weight is 349 g/mol. The van der Waals surface area contributed by atoms with Crippen LogP contribution < -0.4 is 0 Å². The van der Waals surface area contributed by atoms with Crippen LogP contribution in [-0.4, -0.2) is 76.7 Å². The molecule has 1 aromatic heterocycles. The third-order valence-corrected chi connectivity index (χ3v) is 4.68. The Labute approximate surface area is 150 Å². The molecule has 1 aliphatic heterocycles. The standard InChI is InChI=1S/C18H31N5O2/c1-13(2)12-23-15(4)16(14(3)19-23)11-17(24)21-7-9-22(10-8-21)18(25)20(5)6/h13H,7-12H2,1-6H3. The Morgan fingerprint density at radius 3 is 2.16 bits per heavy atom. The Morgan fingerprint density at radius 2 is 1.64 bits per heavy atom. The average Bonchev–Trinajstić information content (AvgIpc) is 2.81. The number of piperazine rings is 1. The number of nitrogens with zero attached hydrogens (tertiary/aromatic N) is 5. The molecule has 7 nitrogen and oxygen atoms in total. The van der Waals surface area contributed by atoms with E-state index in [0.29, 0.717) is 38.5 Å². The summed E-state index contributed by atoms with van der Waals surface area (Å²) >= 11 is 0. The van der Waals surface area contributed by atoms with Gasteiger partial charge in [-0.25, -0.2) is 4.79 Å². The van der Waals surface area contributed by atoms with Crippen LogP contribution in [0.4, 0.5) is 4.79 Å². The Hall–Kier alpha value is -2.05. The molecule has 0 atom stereocenters. The van der Waals surface area contributed by atoms with Gasteiger partial charge >= 0.3 is 6.03 Å². The molecule has 0 bridgehead atoms. The maximum absolute atomic E-state index is 12.7. The van der Waals surface area contributed by atoms with E-state index >= 15 is 0 Å². The fraction of sp³-hybridized carbons (Fsp3) is 0.722. The SMILES string of the molecule is Cc1nn(CC(C)C)c(C)c1CC(=O)N1CCN(C(=O)N(C)C)CC1. The minimum atomic E-state index is 0.00810. The summed E-state index contributed by atoms with van der Waals surface area (Å²) in [5.41, 5.74) is 3.06. The van der Waals surface area contributed by atoms with Gasteiger partial charge in [-0.1, -0.05) is 13.8 Å². The highest BCUT2D eigenvalue weighted by Gasteiger charge is 2.26. The largest absolute Gasteiger partial charge is 0.339 e. The number of carbonyl (C=O) groups is 2. The van der Waals surface area contributed by atoms with E-state index in [-0.39, 0.29) is 11.9 Å². The number of aromatic nitrogens is 2. The van der Waals surface area contributed by atoms with E-state index in [9.17, 15) is 9.59 Å². The number of rotatable bonds is 4. The highest BCUT2D eigenvalue weighted by Crippen LogP contribution is 2.17. The maximum Gasteiger partial charge on any atom is 0.319 e. The van der Waals surface area contributed by atoms with Gasteiger partial charge in [-0.15, -0.1) is 0 Å². The van der Waals surface area contributed by atoms with Crippen LogP contribution >= 0.6 is 0 Å². The zero-order valence-corrected chi connectivity index (χ0v) is 16.4. The van der Waals surface area contributed by atoms with Crippen LogP contribution in [0.25, 0.3) is 0 Å². The summed E-state index contributed by atoms with van der Waals surface area (Å²) in [7, 11) is 3.50. The first kappa shape index (κ1) is 19.3. The minimum Gasteiger partial charge on any atom is -0.339 e. The molecule has 2 rings (SSSR count). The molecule has 1 aromatic rings. The summed E-state index contributed by atoms with van der Waals surface area (Å²) < 4.78 is 2.01.